The van der Waals surface area contributed by atoms with Gasteiger partial charge in [0.15, 0.2) is 5.65 Å². The molecule has 0 fully saturated rings. The number of methoxy groups -OCH3 is 1. The number of carbonyl (C=O) groups is 3. The number of alkyl halides is 3. The summed E-state index contributed by atoms with van der Waals surface area (Å²) in [4.78, 5) is 46.5. The van der Waals surface area contributed by atoms with Crippen molar-refractivity contribution in [2.45, 2.75) is 38.0 Å². The highest BCUT2D eigenvalue weighted by Crippen LogP contribution is 2.28. The number of rotatable bonds is 10. The highest BCUT2D eigenvalue weighted by Gasteiger charge is 2.38. The lowest BCUT2D eigenvalue weighted by Crippen LogP contribution is -2.44. The van der Waals surface area contributed by atoms with Crippen molar-refractivity contribution in [1.29, 1.82) is 0 Å². The molecule has 0 bridgehead atoms. The Bertz CT molecular complexity index is 1720. The Labute approximate surface area is 261 Å². The summed E-state index contributed by atoms with van der Waals surface area (Å²) < 4.78 is 75.3. The summed E-state index contributed by atoms with van der Waals surface area (Å²) in [6.45, 7) is 1.24. The van der Waals surface area contributed by atoms with Gasteiger partial charge in [0.2, 0.25) is 0 Å². The predicted molar refractivity (Wildman–Crippen MR) is 154 cm³/mol. The van der Waals surface area contributed by atoms with Gasteiger partial charge in [-0.25, -0.2) is 18.6 Å². The standard InChI is InChI=1S/C28H23Cl2F5N6O4/c1-3-21(28(33,34)35)38-13-8-17(31)23(18(32)9-13)26(43)40-20(27(44)45-2)10-14-4-5-19(24-37-6-7-41(14)24)39-25(42)22-15(29)11-36-12-16(22)30/h4-9,11-12,20-21,38H,3,10H2,1-2H3,(H,39,42)(H,40,43)/t20-,21+/m0/s1. The molecule has 45 heavy (non-hydrogen) atoms. The van der Waals surface area contributed by atoms with E-state index >= 15 is 0 Å². The molecular formula is C28H23Cl2F5N6O4. The number of ether oxygens (including phenoxy) is 1. The Morgan fingerprint density at radius 2 is 1.67 bits per heavy atom. The maximum Gasteiger partial charge on any atom is 0.408 e. The van der Waals surface area contributed by atoms with Gasteiger partial charge < -0.3 is 25.1 Å². The molecule has 0 aliphatic rings. The minimum atomic E-state index is -4.68. The number of anilines is 2. The number of benzene rings is 1. The van der Waals surface area contributed by atoms with E-state index in [0.29, 0.717) is 17.8 Å². The van der Waals surface area contributed by atoms with Crippen molar-refractivity contribution in [1.82, 2.24) is 19.7 Å². The fourth-order valence-corrected chi connectivity index (χ4v) is 4.95. The minimum absolute atomic E-state index is 0.0119. The van der Waals surface area contributed by atoms with Crippen LogP contribution in [-0.4, -0.2) is 57.5 Å². The van der Waals surface area contributed by atoms with E-state index in [1.165, 1.54) is 48.2 Å². The normalized spacial score (nSPS) is 12.8. The first-order chi connectivity index (χ1) is 21.2. The van der Waals surface area contributed by atoms with Crippen LogP contribution in [0.5, 0.6) is 0 Å². The second-order valence-corrected chi connectivity index (χ2v) is 10.3. The van der Waals surface area contributed by atoms with Crippen LogP contribution in [0.2, 0.25) is 10.0 Å². The summed E-state index contributed by atoms with van der Waals surface area (Å²) >= 11 is 12.1. The van der Waals surface area contributed by atoms with Gasteiger partial charge in [-0.1, -0.05) is 30.1 Å². The highest BCUT2D eigenvalue weighted by atomic mass is 35.5. The van der Waals surface area contributed by atoms with Crippen LogP contribution < -0.4 is 16.0 Å². The van der Waals surface area contributed by atoms with Crippen LogP contribution in [-0.2, 0) is 16.0 Å². The number of hydrogen-bond donors (Lipinski definition) is 3. The molecule has 0 unspecified atom stereocenters. The van der Waals surface area contributed by atoms with Crippen molar-refractivity contribution in [3.8, 4) is 0 Å². The monoisotopic (exact) mass is 672 g/mol. The second-order valence-electron chi connectivity index (χ2n) is 9.51. The zero-order chi connectivity index (χ0) is 33.1. The molecule has 4 rings (SSSR count). The average Bonchev–Trinajstić information content (AvgIpc) is 3.46. The minimum Gasteiger partial charge on any atom is -0.467 e. The SMILES string of the molecule is CC[C@@H](Nc1cc(F)c(C(=O)N[C@@H](Cc2ccc(NC(=O)c3c(Cl)cncc3Cl)c3nccn23)C(=O)OC)c(F)c1)C(F)(F)F. The summed E-state index contributed by atoms with van der Waals surface area (Å²) in [5, 5.41) is 6.89. The van der Waals surface area contributed by atoms with E-state index < -0.39 is 65.3 Å². The van der Waals surface area contributed by atoms with Crippen LogP contribution in [0.4, 0.5) is 33.3 Å². The number of esters is 1. The van der Waals surface area contributed by atoms with Crippen LogP contribution in [0.15, 0.2) is 49.1 Å². The lowest BCUT2D eigenvalue weighted by Gasteiger charge is -2.22. The van der Waals surface area contributed by atoms with Gasteiger partial charge in [-0.15, -0.1) is 0 Å². The summed E-state index contributed by atoms with van der Waals surface area (Å²) in [7, 11) is 1.04. The number of fused-ring (bicyclic) bond motifs is 1. The van der Waals surface area contributed by atoms with Crippen molar-refractivity contribution < 1.29 is 41.1 Å². The van der Waals surface area contributed by atoms with Gasteiger partial charge in [-0.05, 0) is 30.7 Å². The van der Waals surface area contributed by atoms with Crippen LogP contribution in [0, 0.1) is 11.6 Å². The molecule has 238 valence electrons. The molecule has 0 spiro atoms. The third kappa shape index (κ3) is 7.42. The quantitative estimate of drug-likeness (QED) is 0.143. The molecule has 4 aromatic rings. The molecule has 17 heteroatoms. The van der Waals surface area contributed by atoms with Gasteiger partial charge in [-0.2, -0.15) is 13.2 Å². The van der Waals surface area contributed by atoms with Gasteiger partial charge in [-0.3, -0.25) is 14.6 Å². The van der Waals surface area contributed by atoms with Gasteiger partial charge in [0.25, 0.3) is 11.8 Å². The van der Waals surface area contributed by atoms with Crippen molar-refractivity contribution in [3.63, 3.8) is 0 Å². The average molecular weight is 673 g/mol. The molecule has 3 N–H and O–H groups in total. The molecule has 3 aromatic heterocycles. The lowest BCUT2D eigenvalue weighted by molar-refractivity contribution is -0.143. The lowest BCUT2D eigenvalue weighted by atomic mass is 10.1. The van der Waals surface area contributed by atoms with E-state index in [0.717, 1.165) is 7.11 Å². The summed E-state index contributed by atoms with van der Waals surface area (Å²) in [6.07, 6.45) is 0.0199. The maximum atomic E-state index is 14.9. The number of pyridine rings is 2. The van der Waals surface area contributed by atoms with E-state index in [9.17, 15) is 36.3 Å². The van der Waals surface area contributed by atoms with Gasteiger partial charge in [0.05, 0.1) is 28.4 Å². The van der Waals surface area contributed by atoms with Crippen LogP contribution in [0.25, 0.3) is 5.65 Å². The Hall–Kier alpha value is -4.50. The first-order valence-electron chi connectivity index (χ1n) is 13.0. The molecule has 0 saturated carbocycles. The van der Waals surface area contributed by atoms with E-state index in [4.69, 9.17) is 27.9 Å². The van der Waals surface area contributed by atoms with Crippen LogP contribution in [0.3, 0.4) is 0 Å². The Morgan fingerprint density at radius 3 is 2.24 bits per heavy atom. The second kappa shape index (κ2) is 13.6. The van der Waals surface area contributed by atoms with E-state index in [-0.39, 0.29) is 33.4 Å². The fraction of sp³-hybridized carbons (Fsp3) is 0.250. The summed E-state index contributed by atoms with van der Waals surface area (Å²) in [5.74, 6) is -5.89. The van der Waals surface area contributed by atoms with E-state index in [2.05, 4.69) is 20.6 Å². The van der Waals surface area contributed by atoms with Crippen LogP contribution >= 0.6 is 23.2 Å². The molecule has 2 amide bonds. The van der Waals surface area contributed by atoms with Crippen LogP contribution in [0.1, 0.15) is 39.8 Å². The number of amides is 2. The number of carbonyl (C=O) groups excluding carboxylic acids is 3. The number of nitrogens with one attached hydrogen (secondary N) is 3. The van der Waals surface area contributed by atoms with Crippen molar-refractivity contribution in [2.24, 2.45) is 0 Å². The Morgan fingerprint density at radius 1 is 1.02 bits per heavy atom. The largest absolute Gasteiger partial charge is 0.467 e. The molecule has 2 atom stereocenters. The first kappa shape index (κ1) is 33.4. The zero-order valence-corrected chi connectivity index (χ0v) is 24.8. The molecule has 0 aliphatic heterocycles. The number of halogens is 7. The summed E-state index contributed by atoms with van der Waals surface area (Å²) in [5.41, 5.74) is -0.863. The van der Waals surface area contributed by atoms with E-state index in [1.807, 2.05) is 5.32 Å². The predicted octanol–water partition coefficient (Wildman–Crippen LogP) is 5.83. The van der Waals surface area contributed by atoms with Gasteiger partial charge >= 0.3 is 12.1 Å². The molecule has 0 aliphatic carbocycles. The topological polar surface area (TPSA) is 127 Å². The van der Waals surface area contributed by atoms with E-state index in [1.54, 1.807) is 0 Å². The Balaban J connectivity index is 1.57. The number of imidazole rings is 1. The smallest absolute Gasteiger partial charge is 0.408 e. The number of nitrogens with zero attached hydrogens (tertiary/aromatic N) is 3. The third-order valence-electron chi connectivity index (χ3n) is 6.58. The fourth-order valence-electron chi connectivity index (χ4n) is 4.41. The molecule has 10 nitrogen and oxygen atoms in total. The maximum absolute atomic E-state index is 14.9. The molecule has 0 saturated heterocycles. The molecule has 3 heterocycles. The van der Waals surface area contributed by atoms with Gasteiger partial charge in [0, 0.05) is 42.6 Å². The first-order valence-corrected chi connectivity index (χ1v) is 13.8. The zero-order valence-electron chi connectivity index (χ0n) is 23.3. The summed E-state index contributed by atoms with van der Waals surface area (Å²) in [6, 6.07) is 0.501. The highest BCUT2D eigenvalue weighted by molar-refractivity contribution is 6.40. The van der Waals surface area contributed by atoms with Crippen molar-refractivity contribution >= 4 is 58.0 Å². The van der Waals surface area contributed by atoms with Gasteiger partial charge in [0.1, 0.15) is 29.3 Å². The van der Waals surface area contributed by atoms with Crippen molar-refractivity contribution in [2.75, 3.05) is 17.7 Å². The van der Waals surface area contributed by atoms with Crippen molar-refractivity contribution in [3.05, 3.63) is 87.6 Å². The number of hydrogen-bond acceptors (Lipinski definition) is 7. The molecule has 1 aromatic carbocycles. The number of aromatic nitrogens is 3. The molecular weight excluding hydrogens is 650 g/mol. The Kier molecular flexibility index (Phi) is 10.1. The third-order valence-corrected chi connectivity index (χ3v) is 7.15. The molecule has 0 radical (unpaired) electrons.